The Bertz CT molecular complexity index is 923. The van der Waals surface area contributed by atoms with E-state index in [9.17, 15) is 13.5 Å². The molecule has 0 aliphatic heterocycles. The second-order valence-corrected chi connectivity index (χ2v) is 8.41. The molecular weight excluding hydrogens is 362 g/mol. The molecule has 3 aromatic heterocycles. The average Bonchev–Trinajstić information content (AvgIpc) is 3.28. The lowest BCUT2D eigenvalue weighted by molar-refractivity contribution is 0.0655. The van der Waals surface area contributed by atoms with Gasteiger partial charge in [-0.15, -0.1) is 11.3 Å². The maximum Gasteiger partial charge on any atom is 0.244 e. The minimum atomic E-state index is -3.85. The Balaban J connectivity index is 1.94. The third-order valence-electron chi connectivity index (χ3n) is 4.09. The number of aromatic nitrogens is 2. The number of thiophene rings is 1. The van der Waals surface area contributed by atoms with E-state index < -0.39 is 15.6 Å². The van der Waals surface area contributed by atoms with E-state index >= 15 is 0 Å². The van der Waals surface area contributed by atoms with Gasteiger partial charge in [0.05, 0.1) is 24.2 Å². The van der Waals surface area contributed by atoms with Crippen LogP contribution in [-0.4, -0.2) is 29.8 Å². The van der Waals surface area contributed by atoms with Crippen molar-refractivity contribution in [2.24, 2.45) is 7.05 Å². The van der Waals surface area contributed by atoms with Crippen LogP contribution < -0.4 is 4.72 Å². The van der Waals surface area contributed by atoms with Crippen molar-refractivity contribution in [1.82, 2.24) is 14.5 Å². The highest BCUT2D eigenvalue weighted by atomic mass is 32.2. The van der Waals surface area contributed by atoms with Gasteiger partial charge in [0, 0.05) is 11.9 Å². The number of hydrogen-bond donors (Lipinski definition) is 2. The van der Waals surface area contributed by atoms with E-state index in [1.165, 1.54) is 22.3 Å². The van der Waals surface area contributed by atoms with Gasteiger partial charge in [-0.3, -0.25) is 4.68 Å². The monoisotopic (exact) mass is 381 g/mol. The fraction of sp³-hybridized carbons (Fsp3) is 0.312. The minimum Gasteiger partial charge on any atom is -0.466 e. The van der Waals surface area contributed by atoms with Gasteiger partial charge in [0.15, 0.2) is 5.60 Å². The third-order valence-corrected chi connectivity index (χ3v) is 6.76. The molecule has 0 aliphatic carbocycles. The van der Waals surface area contributed by atoms with E-state index in [1.807, 2.05) is 5.38 Å². The van der Waals surface area contributed by atoms with Gasteiger partial charge in [0.1, 0.15) is 10.7 Å². The van der Waals surface area contributed by atoms with Crippen molar-refractivity contribution in [1.29, 1.82) is 0 Å². The number of aryl methyl sites for hydroxylation is 2. The summed E-state index contributed by atoms with van der Waals surface area (Å²) >= 11 is 1.32. The smallest absolute Gasteiger partial charge is 0.244 e. The van der Waals surface area contributed by atoms with E-state index in [0.29, 0.717) is 16.3 Å². The molecule has 0 bridgehead atoms. The average molecular weight is 381 g/mol. The van der Waals surface area contributed by atoms with E-state index in [1.54, 1.807) is 45.2 Å². The molecule has 0 aromatic carbocycles. The highest BCUT2D eigenvalue weighted by molar-refractivity contribution is 7.89. The summed E-state index contributed by atoms with van der Waals surface area (Å²) in [6.45, 7) is 3.07. The predicted molar refractivity (Wildman–Crippen MR) is 93.9 cm³/mol. The van der Waals surface area contributed by atoms with Crippen molar-refractivity contribution in [2.75, 3.05) is 6.54 Å². The SMILES string of the molecule is Cc1nn(C)c(C)c1S(=O)(=O)NC[C@](O)(c1ccco1)c1cccs1. The molecular formula is C16H19N3O4S2. The van der Waals surface area contributed by atoms with Gasteiger partial charge in [-0.05, 0) is 37.4 Å². The molecule has 0 spiro atoms. The summed E-state index contributed by atoms with van der Waals surface area (Å²) in [5.74, 6) is 0.275. The van der Waals surface area contributed by atoms with Crippen LogP contribution in [0.1, 0.15) is 22.0 Å². The molecule has 0 fully saturated rings. The molecule has 0 unspecified atom stereocenters. The number of furan rings is 1. The maximum absolute atomic E-state index is 12.8. The zero-order chi connectivity index (χ0) is 18.2. The minimum absolute atomic E-state index is 0.128. The number of nitrogens with one attached hydrogen (secondary N) is 1. The highest BCUT2D eigenvalue weighted by Gasteiger charge is 2.37. The lowest BCUT2D eigenvalue weighted by atomic mass is 9.99. The molecule has 1 atom stereocenters. The van der Waals surface area contributed by atoms with Crippen LogP contribution in [0, 0.1) is 13.8 Å². The molecule has 3 rings (SSSR count). The molecule has 3 heterocycles. The molecule has 9 heteroatoms. The van der Waals surface area contributed by atoms with Crippen LogP contribution in [0.4, 0.5) is 0 Å². The number of hydrogen-bond acceptors (Lipinski definition) is 6. The van der Waals surface area contributed by atoms with Gasteiger partial charge in [0.2, 0.25) is 10.0 Å². The Kier molecular flexibility index (Phi) is 4.58. The van der Waals surface area contributed by atoms with Crippen LogP contribution in [-0.2, 0) is 22.7 Å². The van der Waals surface area contributed by atoms with Crippen molar-refractivity contribution in [2.45, 2.75) is 24.3 Å². The van der Waals surface area contributed by atoms with Crippen molar-refractivity contribution in [3.63, 3.8) is 0 Å². The Morgan fingerprint density at radius 2 is 2.12 bits per heavy atom. The molecule has 0 aliphatic rings. The van der Waals surface area contributed by atoms with Crippen molar-refractivity contribution in [3.8, 4) is 0 Å². The number of aliphatic hydroxyl groups is 1. The Hall–Kier alpha value is -1.94. The second-order valence-electron chi connectivity index (χ2n) is 5.76. The highest BCUT2D eigenvalue weighted by Crippen LogP contribution is 2.33. The lowest BCUT2D eigenvalue weighted by Crippen LogP contribution is -2.41. The van der Waals surface area contributed by atoms with Crippen LogP contribution >= 0.6 is 11.3 Å². The molecule has 0 saturated carbocycles. The van der Waals surface area contributed by atoms with Gasteiger partial charge in [0.25, 0.3) is 0 Å². The van der Waals surface area contributed by atoms with Gasteiger partial charge in [-0.2, -0.15) is 5.10 Å². The Labute approximate surface area is 150 Å². The van der Waals surface area contributed by atoms with Crippen LogP contribution in [0.25, 0.3) is 0 Å². The molecule has 134 valence electrons. The van der Waals surface area contributed by atoms with Crippen LogP contribution in [0.2, 0.25) is 0 Å². The van der Waals surface area contributed by atoms with Crippen molar-refractivity contribution < 1.29 is 17.9 Å². The van der Waals surface area contributed by atoms with Crippen LogP contribution in [0.15, 0.2) is 45.2 Å². The van der Waals surface area contributed by atoms with Gasteiger partial charge < -0.3 is 9.52 Å². The van der Waals surface area contributed by atoms with Crippen molar-refractivity contribution >= 4 is 21.4 Å². The summed E-state index contributed by atoms with van der Waals surface area (Å²) in [5.41, 5.74) is -0.651. The number of sulfonamides is 1. The summed E-state index contributed by atoms with van der Waals surface area (Å²) in [7, 11) is -2.16. The first-order chi connectivity index (χ1) is 11.8. The standard InChI is InChI=1S/C16H19N3O4S2/c1-11-15(12(2)19(3)18-11)25(21,22)17-10-16(20,13-6-4-8-23-13)14-7-5-9-24-14/h4-9,17,20H,10H2,1-3H3/t16-/m0/s1. The summed E-state index contributed by atoms with van der Waals surface area (Å²) in [6, 6.07) is 6.80. The first-order valence-electron chi connectivity index (χ1n) is 7.56. The normalized spacial score (nSPS) is 14.6. The molecule has 3 aromatic rings. The fourth-order valence-corrected chi connectivity index (χ4v) is 5.06. The Morgan fingerprint density at radius 1 is 1.36 bits per heavy atom. The summed E-state index contributed by atoms with van der Waals surface area (Å²) in [4.78, 5) is 0.716. The molecule has 25 heavy (non-hydrogen) atoms. The molecule has 7 nitrogen and oxygen atoms in total. The second kappa shape index (κ2) is 6.41. The topological polar surface area (TPSA) is 97.4 Å². The third kappa shape index (κ3) is 3.15. The number of rotatable bonds is 6. The zero-order valence-electron chi connectivity index (χ0n) is 14.1. The van der Waals surface area contributed by atoms with Gasteiger partial charge in [-0.25, -0.2) is 13.1 Å². The van der Waals surface area contributed by atoms with E-state index in [2.05, 4.69) is 9.82 Å². The van der Waals surface area contributed by atoms with Crippen LogP contribution in [0.5, 0.6) is 0 Å². The summed E-state index contributed by atoms with van der Waals surface area (Å²) < 4.78 is 34.9. The van der Waals surface area contributed by atoms with Gasteiger partial charge in [-0.1, -0.05) is 6.07 Å². The van der Waals surface area contributed by atoms with Gasteiger partial charge >= 0.3 is 0 Å². The van der Waals surface area contributed by atoms with Crippen molar-refractivity contribution in [3.05, 3.63) is 57.9 Å². The van der Waals surface area contributed by atoms with E-state index in [-0.39, 0.29) is 17.2 Å². The summed E-state index contributed by atoms with van der Waals surface area (Å²) in [6.07, 6.45) is 1.44. The first-order valence-corrected chi connectivity index (χ1v) is 9.92. The van der Waals surface area contributed by atoms with Crippen LogP contribution in [0.3, 0.4) is 0 Å². The molecule has 0 saturated heterocycles. The van der Waals surface area contributed by atoms with E-state index in [4.69, 9.17) is 4.42 Å². The molecule has 2 N–H and O–H groups in total. The first kappa shape index (κ1) is 17.9. The maximum atomic E-state index is 12.8. The fourth-order valence-electron chi connectivity index (χ4n) is 2.74. The quantitative estimate of drug-likeness (QED) is 0.680. The summed E-state index contributed by atoms with van der Waals surface area (Å²) in [5, 5.41) is 17.1. The predicted octanol–water partition coefficient (Wildman–Crippen LogP) is 1.91. The largest absolute Gasteiger partial charge is 0.466 e. The number of nitrogens with zero attached hydrogens (tertiary/aromatic N) is 2. The zero-order valence-corrected chi connectivity index (χ0v) is 15.7. The molecule has 0 radical (unpaired) electrons. The Morgan fingerprint density at radius 3 is 2.64 bits per heavy atom. The van der Waals surface area contributed by atoms with E-state index in [0.717, 1.165) is 0 Å². The lowest BCUT2D eigenvalue weighted by Gasteiger charge is -2.25. The molecule has 0 amide bonds.